The lowest BCUT2D eigenvalue weighted by Crippen LogP contribution is -2.03. The van der Waals surface area contributed by atoms with Crippen LogP contribution in [0.1, 0.15) is 34.2 Å². The molecule has 0 bridgehead atoms. The zero-order valence-electron chi connectivity index (χ0n) is 14.4. The Labute approximate surface area is 149 Å². The molecule has 7 nitrogen and oxygen atoms in total. The van der Waals surface area contributed by atoms with Crippen LogP contribution < -0.4 is 0 Å². The molecule has 0 atom stereocenters. The summed E-state index contributed by atoms with van der Waals surface area (Å²) in [6.45, 7) is 3.97. The molecule has 4 heterocycles. The standard InChI is InChI=1S/C19H15N7/c1-12-3-6-17-19(7-12)26-15(10-22-24-26)8-18-16(21-11-25(17)18)5-4-14-9-20-13(2)23-14/h3,6-7,9-11H,8H2,1-2H3,(H,20,23). The number of hydrogen-bond donors (Lipinski definition) is 1. The van der Waals surface area contributed by atoms with Gasteiger partial charge in [0.2, 0.25) is 0 Å². The number of rotatable bonds is 0. The Bertz CT molecular complexity index is 1200. The number of hydrogen-bond acceptors (Lipinski definition) is 4. The van der Waals surface area contributed by atoms with Gasteiger partial charge in [-0.2, -0.15) is 0 Å². The van der Waals surface area contributed by atoms with Gasteiger partial charge in [0, 0.05) is 6.42 Å². The summed E-state index contributed by atoms with van der Waals surface area (Å²) in [5.41, 5.74) is 6.75. The van der Waals surface area contributed by atoms with Gasteiger partial charge in [0.1, 0.15) is 23.5 Å². The van der Waals surface area contributed by atoms with E-state index in [4.69, 9.17) is 0 Å². The van der Waals surface area contributed by atoms with Crippen molar-refractivity contribution in [1.29, 1.82) is 0 Å². The lowest BCUT2D eigenvalue weighted by Gasteiger charge is -2.10. The predicted octanol–water partition coefficient (Wildman–Crippen LogP) is 2.10. The normalized spacial score (nSPS) is 11.8. The van der Waals surface area contributed by atoms with Gasteiger partial charge in [0.25, 0.3) is 0 Å². The maximum Gasteiger partial charge on any atom is 0.135 e. The van der Waals surface area contributed by atoms with E-state index in [1.807, 2.05) is 17.9 Å². The first-order valence-electron chi connectivity index (χ1n) is 8.30. The molecular formula is C19H15N7. The molecule has 1 N–H and O–H groups in total. The lowest BCUT2D eigenvalue weighted by molar-refractivity contribution is 0.777. The molecule has 4 aromatic rings. The van der Waals surface area contributed by atoms with E-state index in [-0.39, 0.29) is 0 Å². The van der Waals surface area contributed by atoms with Crippen LogP contribution in [0.15, 0.2) is 36.9 Å². The van der Waals surface area contributed by atoms with E-state index in [9.17, 15) is 0 Å². The van der Waals surface area contributed by atoms with Gasteiger partial charge in [0.15, 0.2) is 0 Å². The third-order valence-electron chi connectivity index (χ3n) is 4.47. The van der Waals surface area contributed by atoms with Gasteiger partial charge < -0.3 is 4.98 Å². The summed E-state index contributed by atoms with van der Waals surface area (Å²) in [5.74, 6) is 7.12. The average molecular weight is 341 g/mol. The molecule has 5 rings (SSSR count). The highest BCUT2D eigenvalue weighted by molar-refractivity contribution is 5.58. The van der Waals surface area contributed by atoms with Crippen molar-refractivity contribution < 1.29 is 0 Å². The Morgan fingerprint density at radius 2 is 2.00 bits per heavy atom. The average Bonchev–Trinajstić information content (AvgIpc) is 3.33. The molecule has 1 aromatic carbocycles. The second kappa shape index (κ2) is 5.43. The van der Waals surface area contributed by atoms with E-state index >= 15 is 0 Å². The van der Waals surface area contributed by atoms with Crippen molar-refractivity contribution in [3.8, 4) is 23.2 Å². The second-order valence-electron chi connectivity index (χ2n) is 6.35. The van der Waals surface area contributed by atoms with Crippen molar-refractivity contribution in [2.45, 2.75) is 20.3 Å². The first-order valence-corrected chi connectivity index (χ1v) is 8.30. The number of aromatic amines is 1. The van der Waals surface area contributed by atoms with Crippen LogP contribution in [0.4, 0.5) is 0 Å². The number of aromatic nitrogens is 7. The van der Waals surface area contributed by atoms with E-state index in [2.05, 4.69) is 66.8 Å². The summed E-state index contributed by atoms with van der Waals surface area (Å²) >= 11 is 0. The van der Waals surface area contributed by atoms with E-state index in [1.165, 1.54) is 5.56 Å². The van der Waals surface area contributed by atoms with Gasteiger partial charge in [-0.1, -0.05) is 11.3 Å². The van der Waals surface area contributed by atoms with E-state index in [0.29, 0.717) is 6.42 Å². The second-order valence-corrected chi connectivity index (χ2v) is 6.35. The fourth-order valence-corrected chi connectivity index (χ4v) is 3.22. The van der Waals surface area contributed by atoms with Crippen LogP contribution in [0.5, 0.6) is 0 Å². The predicted molar refractivity (Wildman–Crippen MR) is 95.3 cm³/mol. The van der Waals surface area contributed by atoms with Gasteiger partial charge in [-0.3, -0.25) is 4.57 Å². The molecule has 0 fully saturated rings. The number of nitrogens with zero attached hydrogens (tertiary/aromatic N) is 6. The van der Waals surface area contributed by atoms with E-state index in [1.54, 1.807) is 12.4 Å². The summed E-state index contributed by atoms with van der Waals surface area (Å²) in [5, 5.41) is 8.36. The quantitative estimate of drug-likeness (QED) is 0.438. The third kappa shape index (κ3) is 2.24. The molecule has 0 radical (unpaired) electrons. The molecule has 1 aliphatic heterocycles. The zero-order chi connectivity index (χ0) is 17.7. The number of nitrogens with one attached hydrogen (secondary N) is 1. The number of H-pyrrole nitrogens is 1. The molecule has 0 amide bonds. The number of fused-ring (bicyclic) bond motifs is 5. The summed E-state index contributed by atoms with van der Waals surface area (Å²) < 4.78 is 3.98. The van der Waals surface area contributed by atoms with Crippen molar-refractivity contribution >= 4 is 0 Å². The maximum absolute atomic E-state index is 4.54. The van der Waals surface area contributed by atoms with Crippen LogP contribution in [0, 0.1) is 25.7 Å². The number of imidazole rings is 2. The van der Waals surface area contributed by atoms with Crippen molar-refractivity contribution in [3.63, 3.8) is 0 Å². The van der Waals surface area contributed by atoms with Crippen LogP contribution in [-0.4, -0.2) is 34.5 Å². The zero-order valence-corrected chi connectivity index (χ0v) is 14.4. The number of benzene rings is 1. The maximum atomic E-state index is 4.54. The molecule has 7 heteroatoms. The topological polar surface area (TPSA) is 77.2 Å². The largest absolute Gasteiger partial charge is 0.336 e. The minimum Gasteiger partial charge on any atom is -0.336 e. The van der Waals surface area contributed by atoms with Crippen LogP contribution in [0.2, 0.25) is 0 Å². The highest BCUT2D eigenvalue weighted by Gasteiger charge is 2.22. The monoisotopic (exact) mass is 341 g/mol. The van der Waals surface area contributed by atoms with Gasteiger partial charge in [-0.05, 0) is 43.4 Å². The third-order valence-corrected chi connectivity index (χ3v) is 4.47. The van der Waals surface area contributed by atoms with Gasteiger partial charge in [0.05, 0.1) is 35.2 Å². The molecule has 0 spiro atoms. The minimum atomic E-state index is 0.659. The SMILES string of the molecule is Cc1ccc2c(c1)-n1nncc1Cc1c(C#Cc3cnc(C)[nH]3)ncn1-2. The fourth-order valence-electron chi connectivity index (χ4n) is 3.22. The smallest absolute Gasteiger partial charge is 0.135 e. The van der Waals surface area contributed by atoms with Crippen LogP contribution in [-0.2, 0) is 6.42 Å². The Morgan fingerprint density at radius 1 is 1.08 bits per heavy atom. The summed E-state index contributed by atoms with van der Waals surface area (Å²) in [4.78, 5) is 11.8. The summed E-state index contributed by atoms with van der Waals surface area (Å²) in [6.07, 6.45) is 6.01. The van der Waals surface area contributed by atoms with E-state index < -0.39 is 0 Å². The van der Waals surface area contributed by atoms with Gasteiger partial charge >= 0.3 is 0 Å². The Hall–Kier alpha value is -3.66. The number of aryl methyl sites for hydroxylation is 2. The van der Waals surface area contributed by atoms with Crippen molar-refractivity contribution in [2.24, 2.45) is 0 Å². The first-order chi connectivity index (χ1) is 12.7. The van der Waals surface area contributed by atoms with Crippen LogP contribution in [0.25, 0.3) is 11.4 Å². The minimum absolute atomic E-state index is 0.659. The Morgan fingerprint density at radius 3 is 2.85 bits per heavy atom. The van der Waals surface area contributed by atoms with Crippen molar-refractivity contribution in [3.05, 3.63) is 71.1 Å². The molecule has 0 saturated heterocycles. The molecule has 1 aliphatic rings. The van der Waals surface area contributed by atoms with Gasteiger partial charge in [-0.15, -0.1) is 5.10 Å². The van der Waals surface area contributed by atoms with Gasteiger partial charge in [-0.25, -0.2) is 14.6 Å². The van der Waals surface area contributed by atoms with E-state index in [0.717, 1.165) is 40.0 Å². The molecule has 126 valence electrons. The highest BCUT2D eigenvalue weighted by Crippen LogP contribution is 2.28. The molecule has 0 saturated carbocycles. The Balaban J connectivity index is 1.69. The summed E-state index contributed by atoms with van der Waals surface area (Å²) in [7, 11) is 0. The highest BCUT2D eigenvalue weighted by atomic mass is 15.4. The Kier molecular flexibility index (Phi) is 3.06. The molecular weight excluding hydrogens is 326 g/mol. The lowest BCUT2D eigenvalue weighted by atomic mass is 10.2. The molecule has 26 heavy (non-hydrogen) atoms. The molecule has 3 aromatic heterocycles. The molecule has 0 aliphatic carbocycles. The summed E-state index contributed by atoms with van der Waals surface area (Å²) in [6, 6.07) is 6.28. The van der Waals surface area contributed by atoms with Crippen LogP contribution in [0.3, 0.4) is 0 Å². The molecule has 0 unspecified atom stereocenters. The van der Waals surface area contributed by atoms with Crippen LogP contribution >= 0.6 is 0 Å². The van der Waals surface area contributed by atoms with Crippen molar-refractivity contribution in [1.82, 2.24) is 34.5 Å². The fraction of sp³-hybridized carbons (Fsp3) is 0.158. The first kappa shape index (κ1) is 14.7. The van der Waals surface area contributed by atoms with Crippen molar-refractivity contribution in [2.75, 3.05) is 0 Å².